The van der Waals surface area contributed by atoms with Crippen LogP contribution in [0.1, 0.15) is 27.0 Å². The first-order chi connectivity index (χ1) is 13.1. The van der Waals surface area contributed by atoms with Crippen molar-refractivity contribution in [3.8, 4) is 0 Å². The van der Waals surface area contributed by atoms with Crippen molar-refractivity contribution in [1.29, 1.82) is 0 Å². The van der Waals surface area contributed by atoms with Gasteiger partial charge in [-0.2, -0.15) is 0 Å². The van der Waals surface area contributed by atoms with Gasteiger partial charge in [0.1, 0.15) is 5.82 Å². The maximum absolute atomic E-state index is 12.2. The molecule has 0 saturated heterocycles. The molecule has 2 aromatic carbocycles. The van der Waals surface area contributed by atoms with Crippen LogP contribution in [0, 0.1) is 6.92 Å². The van der Waals surface area contributed by atoms with E-state index in [1.165, 1.54) is 11.1 Å². The summed E-state index contributed by atoms with van der Waals surface area (Å²) in [6, 6.07) is 19.6. The van der Waals surface area contributed by atoms with Crippen molar-refractivity contribution in [1.82, 2.24) is 10.3 Å². The largest absolute Gasteiger partial charge is 0.366 e. The molecule has 0 radical (unpaired) electrons. The highest BCUT2D eigenvalue weighted by Crippen LogP contribution is 2.11. The summed E-state index contributed by atoms with van der Waals surface area (Å²) in [5, 5.41) is 6.88. The third-order valence-electron chi connectivity index (χ3n) is 4.17. The number of halogens is 1. The molecule has 2 N–H and O–H groups in total. The van der Waals surface area contributed by atoms with Crippen molar-refractivity contribution in [2.24, 2.45) is 0 Å². The monoisotopic (exact) mass is 379 g/mol. The molecule has 138 valence electrons. The molecular weight excluding hydrogens is 358 g/mol. The van der Waals surface area contributed by atoms with Crippen molar-refractivity contribution in [2.75, 3.05) is 11.9 Å². The van der Waals surface area contributed by atoms with Crippen LogP contribution in [-0.2, 0) is 13.0 Å². The van der Waals surface area contributed by atoms with Crippen LogP contribution in [0.25, 0.3) is 0 Å². The van der Waals surface area contributed by atoms with E-state index in [0.717, 1.165) is 17.8 Å². The number of pyridine rings is 1. The first-order valence-electron chi connectivity index (χ1n) is 8.88. The zero-order valence-electron chi connectivity index (χ0n) is 15.2. The quantitative estimate of drug-likeness (QED) is 0.629. The van der Waals surface area contributed by atoms with E-state index in [4.69, 9.17) is 11.6 Å². The zero-order valence-corrected chi connectivity index (χ0v) is 16.0. The first kappa shape index (κ1) is 18.9. The van der Waals surface area contributed by atoms with E-state index in [-0.39, 0.29) is 5.91 Å². The van der Waals surface area contributed by atoms with Gasteiger partial charge in [0, 0.05) is 24.3 Å². The van der Waals surface area contributed by atoms with Crippen LogP contribution in [0.15, 0.2) is 66.9 Å². The second kappa shape index (κ2) is 9.19. The van der Waals surface area contributed by atoms with E-state index in [0.29, 0.717) is 23.7 Å². The molecule has 0 aliphatic rings. The fraction of sp³-hybridized carbons (Fsp3) is 0.182. The van der Waals surface area contributed by atoms with Gasteiger partial charge in [-0.05, 0) is 48.7 Å². The number of hydrogen-bond donors (Lipinski definition) is 2. The van der Waals surface area contributed by atoms with Gasteiger partial charge in [0.25, 0.3) is 5.91 Å². The fourth-order valence-electron chi connectivity index (χ4n) is 2.76. The molecule has 0 bridgehead atoms. The Balaban J connectivity index is 1.48. The van der Waals surface area contributed by atoms with Crippen LogP contribution >= 0.6 is 11.6 Å². The number of benzene rings is 2. The minimum atomic E-state index is -0.130. The summed E-state index contributed by atoms with van der Waals surface area (Å²) in [6.45, 7) is 3.31. The zero-order chi connectivity index (χ0) is 19.1. The number of aryl methyl sites for hydroxylation is 1. The SMILES string of the molecule is Cc1cccc(CNc2ccc(C(=O)NCCc3cccc(Cl)c3)cn2)c1. The predicted octanol–water partition coefficient (Wildman–Crippen LogP) is 4.63. The number of amides is 1. The Kier molecular flexibility index (Phi) is 6.44. The van der Waals surface area contributed by atoms with Crippen molar-refractivity contribution in [3.05, 3.63) is 94.1 Å². The molecule has 0 atom stereocenters. The Morgan fingerprint density at radius 2 is 1.85 bits per heavy atom. The van der Waals surface area contributed by atoms with Gasteiger partial charge in [-0.1, -0.05) is 53.6 Å². The fourth-order valence-corrected chi connectivity index (χ4v) is 2.98. The summed E-state index contributed by atoms with van der Waals surface area (Å²) in [5.74, 6) is 0.613. The molecule has 0 spiro atoms. The molecule has 3 rings (SSSR count). The summed E-state index contributed by atoms with van der Waals surface area (Å²) in [5.41, 5.74) is 4.06. The average molecular weight is 380 g/mol. The van der Waals surface area contributed by atoms with Gasteiger partial charge in [0.05, 0.1) is 5.56 Å². The smallest absolute Gasteiger partial charge is 0.252 e. The van der Waals surface area contributed by atoms with E-state index in [9.17, 15) is 4.79 Å². The van der Waals surface area contributed by atoms with Gasteiger partial charge in [-0.25, -0.2) is 4.98 Å². The number of nitrogens with one attached hydrogen (secondary N) is 2. The number of anilines is 1. The van der Waals surface area contributed by atoms with Crippen molar-refractivity contribution in [2.45, 2.75) is 19.9 Å². The maximum Gasteiger partial charge on any atom is 0.252 e. The molecule has 1 aromatic heterocycles. The van der Waals surface area contributed by atoms with Gasteiger partial charge in [0.2, 0.25) is 0 Å². The Labute approximate surface area is 164 Å². The summed E-state index contributed by atoms with van der Waals surface area (Å²) >= 11 is 5.97. The van der Waals surface area contributed by atoms with E-state index in [2.05, 4.69) is 40.7 Å². The number of rotatable bonds is 7. The Morgan fingerprint density at radius 1 is 1.04 bits per heavy atom. The van der Waals surface area contributed by atoms with Crippen molar-refractivity contribution < 1.29 is 4.79 Å². The molecule has 3 aromatic rings. The highest BCUT2D eigenvalue weighted by molar-refractivity contribution is 6.30. The second-order valence-corrected chi connectivity index (χ2v) is 6.85. The summed E-state index contributed by atoms with van der Waals surface area (Å²) in [6.07, 6.45) is 2.32. The minimum Gasteiger partial charge on any atom is -0.366 e. The molecule has 1 amide bonds. The minimum absolute atomic E-state index is 0.130. The summed E-state index contributed by atoms with van der Waals surface area (Å²) in [4.78, 5) is 16.6. The third-order valence-corrected chi connectivity index (χ3v) is 4.41. The Morgan fingerprint density at radius 3 is 2.59 bits per heavy atom. The molecule has 0 aliphatic carbocycles. The Bertz CT molecular complexity index is 909. The van der Waals surface area contributed by atoms with E-state index in [1.807, 2.05) is 36.4 Å². The van der Waals surface area contributed by atoms with Gasteiger partial charge in [-0.3, -0.25) is 4.79 Å². The first-order valence-corrected chi connectivity index (χ1v) is 9.26. The lowest BCUT2D eigenvalue weighted by molar-refractivity contribution is 0.0954. The molecule has 4 nitrogen and oxygen atoms in total. The van der Waals surface area contributed by atoms with E-state index in [1.54, 1.807) is 12.3 Å². The molecule has 5 heteroatoms. The average Bonchev–Trinajstić information content (AvgIpc) is 2.67. The molecule has 27 heavy (non-hydrogen) atoms. The molecule has 0 unspecified atom stereocenters. The molecule has 0 saturated carbocycles. The summed E-state index contributed by atoms with van der Waals surface area (Å²) < 4.78 is 0. The number of aromatic nitrogens is 1. The molecule has 0 fully saturated rings. The number of hydrogen-bond acceptors (Lipinski definition) is 3. The number of nitrogens with zero attached hydrogens (tertiary/aromatic N) is 1. The molecule has 0 aliphatic heterocycles. The van der Waals surface area contributed by atoms with Gasteiger partial charge in [0.15, 0.2) is 0 Å². The Hall–Kier alpha value is -2.85. The maximum atomic E-state index is 12.2. The normalized spacial score (nSPS) is 10.4. The van der Waals surface area contributed by atoms with Crippen molar-refractivity contribution in [3.63, 3.8) is 0 Å². The highest BCUT2D eigenvalue weighted by atomic mass is 35.5. The third kappa shape index (κ3) is 5.83. The highest BCUT2D eigenvalue weighted by Gasteiger charge is 2.06. The van der Waals surface area contributed by atoms with E-state index >= 15 is 0 Å². The van der Waals surface area contributed by atoms with Crippen LogP contribution < -0.4 is 10.6 Å². The lowest BCUT2D eigenvalue weighted by Gasteiger charge is -2.08. The van der Waals surface area contributed by atoms with Gasteiger partial charge < -0.3 is 10.6 Å². The van der Waals surface area contributed by atoms with Crippen LogP contribution in [0.4, 0.5) is 5.82 Å². The number of carbonyl (C=O) groups excluding carboxylic acids is 1. The predicted molar refractivity (Wildman–Crippen MR) is 110 cm³/mol. The van der Waals surface area contributed by atoms with E-state index < -0.39 is 0 Å². The van der Waals surface area contributed by atoms with Crippen LogP contribution in [-0.4, -0.2) is 17.4 Å². The lowest BCUT2D eigenvalue weighted by atomic mass is 10.1. The van der Waals surface area contributed by atoms with Crippen molar-refractivity contribution >= 4 is 23.3 Å². The summed E-state index contributed by atoms with van der Waals surface area (Å²) in [7, 11) is 0. The van der Waals surface area contributed by atoms with Crippen LogP contribution in [0.5, 0.6) is 0 Å². The molecular formula is C22H22ClN3O. The van der Waals surface area contributed by atoms with Crippen LogP contribution in [0.2, 0.25) is 5.02 Å². The van der Waals surface area contributed by atoms with Gasteiger partial charge >= 0.3 is 0 Å². The lowest BCUT2D eigenvalue weighted by Crippen LogP contribution is -2.25. The van der Waals surface area contributed by atoms with Gasteiger partial charge in [-0.15, -0.1) is 0 Å². The standard InChI is InChI=1S/C22H22ClN3O/c1-16-4-2-6-18(12-16)14-25-21-9-8-19(15-26-21)22(27)24-11-10-17-5-3-7-20(23)13-17/h2-9,12-13,15H,10-11,14H2,1H3,(H,24,27)(H,25,26). The topological polar surface area (TPSA) is 54.0 Å². The molecule has 1 heterocycles. The number of carbonyl (C=O) groups is 1. The van der Waals surface area contributed by atoms with Crippen LogP contribution in [0.3, 0.4) is 0 Å². The second-order valence-electron chi connectivity index (χ2n) is 6.41.